The Labute approximate surface area is 85.6 Å². The first-order valence-electron chi connectivity index (χ1n) is 4.62. The van der Waals surface area contributed by atoms with E-state index >= 15 is 0 Å². The van der Waals surface area contributed by atoms with E-state index in [1.807, 2.05) is 7.05 Å². The van der Waals surface area contributed by atoms with E-state index in [9.17, 15) is 5.11 Å². The van der Waals surface area contributed by atoms with E-state index < -0.39 is 0 Å². The van der Waals surface area contributed by atoms with Crippen molar-refractivity contribution in [1.82, 2.24) is 4.90 Å². The molecule has 0 bridgehead atoms. The SMILES string of the molecule is COCC(O)CN(C)CCCCCl. The van der Waals surface area contributed by atoms with E-state index in [0.717, 1.165) is 19.4 Å². The number of halogens is 1. The molecule has 1 atom stereocenters. The second-order valence-corrected chi connectivity index (χ2v) is 3.65. The van der Waals surface area contributed by atoms with Gasteiger partial charge in [-0.1, -0.05) is 0 Å². The smallest absolute Gasteiger partial charge is 0.0899 e. The maximum atomic E-state index is 9.38. The molecule has 0 amide bonds. The monoisotopic (exact) mass is 209 g/mol. The number of rotatable bonds is 8. The second-order valence-electron chi connectivity index (χ2n) is 3.27. The highest BCUT2D eigenvalue weighted by atomic mass is 35.5. The van der Waals surface area contributed by atoms with Crippen LogP contribution in [0.25, 0.3) is 0 Å². The Morgan fingerprint density at radius 3 is 2.69 bits per heavy atom. The van der Waals surface area contributed by atoms with E-state index in [0.29, 0.717) is 19.0 Å². The highest BCUT2D eigenvalue weighted by molar-refractivity contribution is 6.17. The van der Waals surface area contributed by atoms with Crippen LogP contribution in [0.3, 0.4) is 0 Å². The first-order valence-corrected chi connectivity index (χ1v) is 5.15. The van der Waals surface area contributed by atoms with Crippen LogP contribution in [-0.4, -0.2) is 55.8 Å². The van der Waals surface area contributed by atoms with Crippen molar-refractivity contribution in [2.24, 2.45) is 0 Å². The zero-order valence-electron chi connectivity index (χ0n) is 8.50. The molecule has 1 unspecified atom stereocenters. The van der Waals surface area contributed by atoms with Crippen molar-refractivity contribution in [1.29, 1.82) is 0 Å². The van der Waals surface area contributed by atoms with Crippen molar-refractivity contribution >= 4 is 11.6 Å². The highest BCUT2D eigenvalue weighted by Crippen LogP contribution is 1.96. The first-order chi connectivity index (χ1) is 6.20. The molecule has 0 fully saturated rings. The van der Waals surface area contributed by atoms with Gasteiger partial charge in [-0.15, -0.1) is 11.6 Å². The molecule has 3 nitrogen and oxygen atoms in total. The lowest BCUT2D eigenvalue weighted by molar-refractivity contribution is 0.0431. The first kappa shape index (κ1) is 13.2. The predicted molar refractivity (Wildman–Crippen MR) is 55.3 cm³/mol. The van der Waals surface area contributed by atoms with Gasteiger partial charge < -0.3 is 14.7 Å². The number of hydrogen-bond acceptors (Lipinski definition) is 3. The maximum absolute atomic E-state index is 9.38. The molecule has 0 radical (unpaired) electrons. The highest BCUT2D eigenvalue weighted by Gasteiger charge is 2.06. The quantitative estimate of drug-likeness (QED) is 0.477. The Morgan fingerprint density at radius 1 is 1.46 bits per heavy atom. The fraction of sp³-hybridized carbons (Fsp3) is 1.00. The van der Waals surface area contributed by atoms with E-state index in [-0.39, 0.29) is 6.10 Å². The van der Waals surface area contributed by atoms with Gasteiger partial charge in [-0.2, -0.15) is 0 Å². The van der Waals surface area contributed by atoms with E-state index in [1.54, 1.807) is 7.11 Å². The molecule has 0 aliphatic carbocycles. The van der Waals surface area contributed by atoms with Gasteiger partial charge in [0.1, 0.15) is 0 Å². The minimum atomic E-state index is -0.383. The zero-order chi connectivity index (χ0) is 10.1. The van der Waals surface area contributed by atoms with Crippen LogP contribution in [0, 0.1) is 0 Å². The number of aliphatic hydroxyl groups excluding tert-OH is 1. The van der Waals surface area contributed by atoms with Crippen LogP contribution in [-0.2, 0) is 4.74 Å². The number of unbranched alkanes of at least 4 members (excludes halogenated alkanes) is 1. The van der Waals surface area contributed by atoms with Gasteiger partial charge in [-0.3, -0.25) is 0 Å². The van der Waals surface area contributed by atoms with Gasteiger partial charge in [0.25, 0.3) is 0 Å². The molecule has 4 heteroatoms. The standard InChI is InChI=1S/C9H20ClNO2/c1-11(6-4-3-5-10)7-9(12)8-13-2/h9,12H,3-8H2,1-2H3. The third kappa shape index (κ3) is 8.50. The van der Waals surface area contributed by atoms with E-state index in [2.05, 4.69) is 4.90 Å². The number of hydrogen-bond donors (Lipinski definition) is 1. The van der Waals surface area contributed by atoms with Crippen LogP contribution in [0.5, 0.6) is 0 Å². The van der Waals surface area contributed by atoms with Gasteiger partial charge in [-0.25, -0.2) is 0 Å². The fourth-order valence-electron chi connectivity index (χ4n) is 1.17. The van der Waals surface area contributed by atoms with Crippen molar-refractivity contribution in [3.63, 3.8) is 0 Å². The Hall–Kier alpha value is 0.170. The lowest BCUT2D eigenvalue weighted by Gasteiger charge is -2.19. The molecule has 0 aromatic heterocycles. The lowest BCUT2D eigenvalue weighted by Crippen LogP contribution is -2.32. The predicted octanol–water partition coefficient (Wildman–Crippen LogP) is 0.945. The van der Waals surface area contributed by atoms with Crippen LogP contribution in [0.4, 0.5) is 0 Å². The van der Waals surface area contributed by atoms with Crippen LogP contribution < -0.4 is 0 Å². The number of ether oxygens (including phenoxy) is 1. The number of alkyl halides is 1. The van der Waals surface area contributed by atoms with Crippen molar-refractivity contribution < 1.29 is 9.84 Å². The van der Waals surface area contributed by atoms with E-state index in [1.165, 1.54) is 0 Å². The van der Waals surface area contributed by atoms with Crippen molar-refractivity contribution in [2.45, 2.75) is 18.9 Å². The summed E-state index contributed by atoms with van der Waals surface area (Å²) in [6, 6.07) is 0. The summed E-state index contributed by atoms with van der Waals surface area (Å²) in [5, 5.41) is 9.38. The summed E-state index contributed by atoms with van der Waals surface area (Å²) in [6.07, 6.45) is 1.73. The molecule has 0 saturated carbocycles. The molecule has 0 aromatic rings. The van der Waals surface area contributed by atoms with Gasteiger partial charge >= 0.3 is 0 Å². The molecule has 80 valence electrons. The summed E-state index contributed by atoms with van der Waals surface area (Å²) < 4.78 is 4.83. The Morgan fingerprint density at radius 2 is 2.15 bits per heavy atom. The maximum Gasteiger partial charge on any atom is 0.0899 e. The Kier molecular flexibility index (Phi) is 8.87. The normalized spacial score (nSPS) is 13.6. The summed E-state index contributed by atoms with van der Waals surface area (Å²) in [4.78, 5) is 2.09. The number of likely N-dealkylation sites (N-methyl/N-ethyl adjacent to an activating group) is 1. The van der Waals surface area contributed by atoms with Gasteiger partial charge in [0.2, 0.25) is 0 Å². The molecule has 0 heterocycles. The number of aliphatic hydroxyl groups is 1. The molecule has 0 aromatic carbocycles. The Balaban J connectivity index is 3.32. The van der Waals surface area contributed by atoms with Gasteiger partial charge in [0.15, 0.2) is 0 Å². The number of methoxy groups -OCH3 is 1. The summed E-state index contributed by atoms with van der Waals surface area (Å²) in [6.45, 7) is 2.05. The molecule has 1 N–H and O–H groups in total. The summed E-state index contributed by atoms with van der Waals surface area (Å²) in [5.74, 6) is 0.717. The van der Waals surface area contributed by atoms with Crippen LogP contribution in [0.15, 0.2) is 0 Å². The number of nitrogens with zero attached hydrogens (tertiary/aromatic N) is 1. The minimum absolute atomic E-state index is 0.383. The Bertz CT molecular complexity index is 114. The van der Waals surface area contributed by atoms with Crippen LogP contribution in [0.2, 0.25) is 0 Å². The van der Waals surface area contributed by atoms with Crippen molar-refractivity contribution in [2.75, 3.05) is 39.7 Å². The van der Waals surface area contributed by atoms with Crippen molar-refractivity contribution in [3.05, 3.63) is 0 Å². The molecule has 0 aliphatic rings. The van der Waals surface area contributed by atoms with Gasteiger partial charge in [0, 0.05) is 19.5 Å². The molecule has 0 saturated heterocycles. The molecule has 13 heavy (non-hydrogen) atoms. The van der Waals surface area contributed by atoms with Gasteiger partial charge in [0.05, 0.1) is 12.7 Å². The minimum Gasteiger partial charge on any atom is -0.389 e. The third-order valence-corrected chi connectivity index (χ3v) is 2.07. The topological polar surface area (TPSA) is 32.7 Å². The van der Waals surface area contributed by atoms with Crippen LogP contribution >= 0.6 is 11.6 Å². The molecule has 0 aliphatic heterocycles. The molecular weight excluding hydrogens is 190 g/mol. The lowest BCUT2D eigenvalue weighted by atomic mass is 10.3. The molecule has 0 spiro atoms. The summed E-state index contributed by atoms with van der Waals surface area (Å²) >= 11 is 5.55. The summed E-state index contributed by atoms with van der Waals surface area (Å²) in [7, 11) is 3.59. The summed E-state index contributed by atoms with van der Waals surface area (Å²) in [5.41, 5.74) is 0. The van der Waals surface area contributed by atoms with Crippen molar-refractivity contribution in [3.8, 4) is 0 Å². The second kappa shape index (κ2) is 8.75. The third-order valence-electron chi connectivity index (χ3n) is 1.80. The van der Waals surface area contributed by atoms with Crippen LogP contribution in [0.1, 0.15) is 12.8 Å². The zero-order valence-corrected chi connectivity index (χ0v) is 9.26. The van der Waals surface area contributed by atoms with E-state index in [4.69, 9.17) is 16.3 Å². The molecule has 0 rings (SSSR count). The molecular formula is C9H20ClNO2. The van der Waals surface area contributed by atoms with Gasteiger partial charge in [-0.05, 0) is 26.4 Å². The largest absolute Gasteiger partial charge is 0.389 e. The average molecular weight is 210 g/mol. The average Bonchev–Trinajstić information content (AvgIpc) is 2.05. The fourth-order valence-corrected chi connectivity index (χ4v) is 1.36.